The lowest BCUT2D eigenvalue weighted by molar-refractivity contribution is -0.139. The van der Waals surface area contributed by atoms with Gasteiger partial charge in [-0.3, -0.25) is 0 Å². The molecule has 2 nitrogen and oxygen atoms in total. The van der Waals surface area contributed by atoms with Crippen molar-refractivity contribution in [3.8, 4) is 0 Å². The van der Waals surface area contributed by atoms with E-state index in [2.05, 4.69) is 13.5 Å². The van der Waals surface area contributed by atoms with Gasteiger partial charge in [0.2, 0.25) is 0 Å². The second-order valence-corrected chi connectivity index (χ2v) is 5.45. The Kier molecular flexibility index (Phi) is 17.5. The number of hydrogen-bond donors (Lipinski definition) is 0. The van der Waals surface area contributed by atoms with Gasteiger partial charge in [-0.15, -0.1) is 0 Å². The van der Waals surface area contributed by atoms with Crippen molar-refractivity contribution in [1.29, 1.82) is 0 Å². The zero-order valence-electron chi connectivity index (χ0n) is 13.0. The van der Waals surface area contributed by atoms with Gasteiger partial charge in [-0.05, 0) is 13.3 Å². The van der Waals surface area contributed by atoms with Crippen molar-refractivity contribution in [1.82, 2.24) is 0 Å². The van der Waals surface area contributed by atoms with Gasteiger partial charge < -0.3 is 4.74 Å². The summed E-state index contributed by atoms with van der Waals surface area (Å²) in [5.74, 6) is -0.257. The molecule has 2 heteroatoms. The SMILES string of the molecule is C.C=C(C)C(=O)OCCCCCCCCCCCCC. The van der Waals surface area contributed by atoms with Crippen LogP contribution in [0.1, 0.15) is 91.9 Å². The summed E-state index contributed by atoms with van der Waals surface area (Å²) in [5.41, 5.74) is 0.489. The smallest absolute Gasteiger partial charge is 0.333 e. The third-order valence-electron chi connectivity index (χ3n) is 3.33. The van der Waals surface area contributed by atoms with E-state index in [0.29, 0.717) is 12.2 Å². The topological polar surface area (TPSA) is 26.3 Å². The molecular formula is C18H36O2. The van der Waals surface area contributed by atoms with Crippen LogP contribution in [0, 0.1) is 0 Å². The molecule has 0 heterocycles. The van der Waals surface area contributed by atoms with Gasteiger partial charge in [0.1, 0.15) is 0 Å². The Morgan fingerprint density at radius 3 is 1.65 bits per heavy atom. The molecule has 0 unspecified atom stereocenters. The molecule has 0 rings (SSSR count). The van der Waals surface area contributed by atoms with E-state index in [-0.39, 0.29) is 13.4 Å². The van der Waals surface area contributed by atoms with Gasteiger partial charge in [-0.25, -0.2) is 4.79 Å². The number of hydrogen-bond acceptors (Lipinski definition) is 2. The Labute approximate surface area is 127 Å². The Bertz CT molecular complexity index is 234. The highest BCUT2D eigenvalue weighted by Gasteiger charge is 2.01. The molecule has 0 spiro atoms. The predicted molar refractivity (Wildman–Crippen MR) is 89.0 cm³/mol. The lowest BCUT2D eigenvalue weighted by atomic mass is 10.1. The first kappa shape index (κ1) is 21.5. The van der Waals surface area contributed by atoms with Crippen LogP contribution < -0.4 is 0 Å². The van der Waals surface area contributed by atoms with Crippen LogP contribution in [0.15, 0.2) is 12.2 Å². The minimum Gasteiger partial charge on any atom is -0.462 e. The maximum atomic E-state index is 11.1. The van der Waals surface area contributed by atoms with E-state index in [4.69, 9.17) is 4.74 Å². The third-order valence-corrected chi connectivity index (χ3v) is 3.33. The van der Waals surface area contributed by atoms with Crippen molar-refractivity contribution >= 4 is 5.97 Å². The first-order chi connectivity index (χ1) is 9.18. The van der Waals surface area contributed by atoms with Crippen LogP contribution in [0.5, 0.6) is 0 Å². The van der Waals surface area contributed by atoms with Crippen LogP contribution in [0.4, 0.5) is 0 Å². The summed E-state index contributed by atoms with van der Waals surface area (Å²) in [4.78, 5) is 11.1. The second-order valence-electron chi connectivity index (χ2n) is 5.45. The highest BCUT2D eigenvalue weighted by molar-refractivity contribution is 5.86. The Hall–Kier alpha value is -0.790. The standard InChI is InChI=1S/C17H32O2.CH4/c1-4-5-6-7-8-9-10-11-12-13-14-15-19-17(18)16(2)3;/h2,4-15H2,1,3H3;1H4. The number of esters is 1. The van der Waals surface area contributed by atoms with Crippen molar-refractivity contribution in [2.75, 3.05) is 6.61 Å². The molecule has 0 amide bonds. The summed E-state index contributed by atoms with van der Waals surface area (Å²) < 4.78 is 5.05. The summed E-state index contributed by atoms with van der Waals surface area (Å²) >= 11 is 0. The molecule has 0 saturated carbocycles. The molecule has 0 N–H and O–H groups in total. The van der Waals surface area contributed by atoms with Crippen molar-refractivity contribution in [3.05, 3.63) is 12.2 Å². The van der Waals surface area contributed by atoms with Crippen molar-refractivity contribution in [3.63, 3.8) is 0 Å². The van der Waals surface area contributed by atoms with Crippen LogP contribution in [0.3, 0.4) is 0 Å². The van der Waals surface area contributed by atoms with E-state index in [0.717, 1.165) is 6.42 Å². The quantitative estimate of drug-likeness (QED) is 0.234. The fourth-order valence-corrected chi connectivity index (χ4v) is 2.05. The van der Waals surface area contributed by atoms with Gasteiger partial charge in [0.25, 0.3) is 0 Å². The average molecular weight is 284 g/mol. The van der Waals surface area contributed by atoms with E-state index in [9.17, 15) is 4.79 Å². The van der Waals surface area contributed by atoms with Gasteiger partial charge in [0, 0.05) is 5.57 Å². The molecule has 0 radical (unpaired) electrons. The van der Waals surface area contributed by atoms with Crippen molar-refractivity contribution in [2.45, 2.75) is 91.9 Å². The highest BCUT2D eigenvalue weighted by atomic mass is 16.5. The minimum atomic E-state index is -0.257. The Morgan fingerprint density at radius 1 is 0.850 bits per heavy atom. The molecule has 20 heavy (non-hydrogen) atoms. The minimum absolute atomic E-state index is 0. The largest absolute Gasteiger partial charge is 0.462 e. The van der Waals surface area contributed by atoms with E-state index < -0.39 is 0 Å². The summed E-state index contributed by atoms with van der Waals surface area (Å²) in [5, 5.41) is 0. The molecular weight excluding hydrogens is 248 g/mol. The van der Waals surface area contributed by atoms with Gasteiger partial charge in [0.05, 0.1) is 6.61 Å². The predicted octanol–water partition coefficient (Wildman–Crippen LogP) is 6.05. The van der Waals surface area contributed by atoms with Crippen molar-refractivity contribution in [2.24, 2.45) is 0 Å². The first-order valence-corrected chi connectivity index (χ1v) is 8.01. The summed E-state index contributed by atoms with van der Waals surface area (Å²) in [6.45, 7) is 8.04. The molecule has 0 aromatic carbocycles. The zero-order valence-corrected chi connectivity index (χ0v) is 13.0. The summed E-state index contributed by atoms with van der Waals surface area (Å²) in [6, 6.07) is 0. The summed E-state index contributed by atoms with van der Waals surface area (Å²) in [7, 11) is 0. The molecule has 0 saturated heterocycles. The van der Waals surface area contributed by atoms with Crippen LogP contribution in [-0.4, -0.2) is 12.6 Å². The molecule has 0 bridgehead atoms. The number of unbranched alkanes of at least 4 members (excludes halogenated alkanes) is 10. The lowest BCUT2D eigenvalue weighted by Crippen LogP contribution is -2.05. The third kappa shape index (κ3) is 15.3. The van der Waals surface area contributed by atoms with Gasteiger partial charge in [-0.1, -0.05) is 85.1 Å². The fourth-order valence-electron chi connectivity index (χ4n) is 2.05. The van der Waals surface area contributed by atoms with Gasteiger partial charge in [0.15, 0.2) is 0 Å². The number of carbonyl (C=O) groups is 1. The second kappa shape index (κ2) is 16.3. The average Bonchev–Trinajstić information content (AvgIpc) is 2.39. The van der Waals surface area contributed by atoms with Crippen LogP contribution in [-0.2, 0) is 9.53 Å². The summed E-state index contributed by atoms with van der Waals surface area (Å²) in [6.07, 6.45) is 14.4. The maximum Gasteiger partial charge on any atom is 0.333 e. The van der Waals surface area contributed by atoms with E-state index in [1.54, 1.807) is 6.92 Å². The highest BCUT2D eigenvalue weighted by Crippen LogP contribution is 2.11. The fraction of sp³-hybridized carbons (Fsp3) is 0.833. The lowest BCUT2D eigenvalue weighted by Gasteiger charge is -2.04. The number of rotatable bonds is 13. The normalized spacial score (nSPS) is 9.90. The molecule has 0 aliphatic carbocycles. The molecule has 120 valence electrons. The zero-order chi connectivity index (χ0) is 14.3. The molecule has 0 aromatic rings. The van der Waals surface area contributed by atoms with Gasteiger partial charge >= 0.3 is 5.97 Å². The van der Waals surface area contributed by atoms with Gasteiger partial charge in [-0.2, -0.15) is 0 Å². The molecule has 0 aromatic heterocycles. The number of carbonyl (C=O) groups excluding carboxylic acids is 1. The molecule has 0 atom stereocenters. The van der Waals surface area contributed by atoms with E-state index >= 15 is 0 Å². The number of ether oxygens (including phenoxy) is 1. The van der Waals surface area contributed by atoms with Crippen LogP contribution in [0.2, 0.25) is 0 Å². The first-order valence-electron chi connectivity index (χ1n) is 8.01. The van der Waals surface area contributed by atoms with Crippen LogP contribution >= 0.6 is 0 Å². The van der Waals surface area contributed by atoms with Crippen LogP contribution in [0.25, 0.3) is 0 Å². The Balaban J connectivity index is 0. The Morgan fingerprint density at radius 2 is 1.25 bits per heavy atom. The molecule has 0 fully saturated rings. The molecule has 0 aliphatic rings. The molecule has 0 aliphatic heterocycles. The van der Waals surface area contributed by atoms with E-state index in [1.807, 2.05) is 0 Å². The maximum absolute atomic E-state index is 11.1. The van der Waals surface area contributed by atoms with E-state index in [1.165, 1.54) is 64.2 Å². The monoisotopic (exact) mass is 284 g/mol. The van der Waals surface area contributed by atoms with Crippen molar-refractivity contribution < 1.29 is 9.53 Å².